The lowest BCUT2D eigenvalue weighted by atomic mass is 9.73. The molecule has 0 amide bonds. The Morgan fingerprint density at radius 2 is 0.800 bits per heavy atom. The summed E-state index contributed by atoms with van der Waals surface area (Å²) in [6.45, 7) is 20.1. The highest BCUT2D eigenvalue weighted by Gasteiger charge is 2.27. The Balaban J connectivity index is 1.99. The molecule has 158 valence electrons. The Kier molecular flexibility index (Phi) is 5.62. The van der Waals surface area contributed by atoms with Crippen molar-refractivity contribution in [1.82, 2.24) is 0 Å². The van der Waals surface area contributed by atoms with Crippen LogP contribution in [0.25, 0.3) is 0 Å². The monoisotopic (exact) mass is 399 g/mol. The molecule has 0 unspecified atom stereocenters. The molecule has 0 aliphatic carbocycles. The van der Waals surface area contributed by atoms with E-state index in [1.54, 1.807) is 0 Å². The van der Waals surface area contributed by atoms with Crippen LogP contribution in [-0.4, -0.2) is 0 Å². The highest BCUT2D eigenvalue weighted by molar-refractivity contribution is 5.57. The highest BCUT2D eigenvalue weighted by Crippen LogP contribution is 2.37. The van der Waals surface area contributed by atoms with Gasteiger partial charge in [0.25, 0.3) is 0 Å². The summed E-state index contributed by atoms with van der Waals surface area (Å²) in [7, 11) is 0. The zero-order chi connectivity index (χ0) is 22.4. The summed E-state index contributed by atoms with van der Waals surface area (Å²) >= 11 is 0. The standard InChI is InChI=1S/C29H37N/c1-18-14-25(15-19(2)22(18)5)28(6,7)23-10-12-24(13-11-23)29(8,9)26-16-20(3)27(30)21(4)17-26/h10-17H,30H2,1-9H3. The zero-order valence-corrected chi connectivity index (χ0v) is 20.2. The molecule has 0 saturated heterocycles. The number of aryl methyl sites for hydroxylation is 4. The van der Waals surface area contributed by atoms with Crippen LogP contribution in [0.4, 0.5) is 5.69 Å². The van der Waals surface area contributed by atoms with Gasteiger partial charge in [0.1, 0.15) is 0 Å². The molecule has 0 fully saturated rings. The van der Waals surface area contributed by atoms with Crippen molar-refractivity contribution in [1.29, 1.82) is 0 Å². The van der Waals surface area contributed by atoms with Crippen molar-refractivity contribution in [3.63, 3.8) is 0 Å². The van der Waals surface area contributed by atoms with Gasteiger partial charge in [-0.1, -0.05) is 76.2 Å². The van der Waals surface area contributed by atoms with Gasteiger partial charge in [-0.05, 0) is 84.7 Å². The maximum absolute atomic E-state index is 6.19. The van der Waals surface area contributed by atoms with Gasteiger partial charge >= 0.3 is 0 Å². The Bertz CT molecular complexity index is 947. The second-order valence-corrected chi connectivity index (χ2v) is 10.1. The molecule has 3 aromatic carbocycles. The smallest absolute Gasteiger partial charge is 0.0373 e. The van der Waals surface area contributed by atoms with Crippen LogP contribution in [-0.2, 0) is 10.8 Å². The molecular formula is C29H37N. The van der Waals surface area contributed by atoms with Crippen LogP contribution in [0.5, 0.6) is 0 Å². The first kappa shape index (κ1) is 22.2. The number of hydrogen-bond acceptors (Lipinski definition) is 1. The lowest BCUT2D eigenvalue weighted by Gasteiger charge is -2.30. The van der Waals surface area contributed by atoms with Gasteiger partial charge in [0.15, 0.2) is 0 Å². The fourth-order valence-electron chi connectivity index (χ4n) is 4.37. The third-order valence-electron chi connectivity index (χ3n) is 7.29. The van der Waals surface area contributed by atoms with E-state index in [9.17, 15) is 0 Å². The Morgan fingerprint density at radius 1 is 0.500 bits per heavy atom. The van der Waals surface area contributed by atoms with E-state index in [0.29, 0.717) is 0 Å². The van der Waals surface area contributed by atoms with Gasteiger partial charge in [-0.25, -0.2) is 0 Å². The van der Waals surface area contributed by atoms with Gasteiger partial charge in [-0.15, -0.1) is 0 Å². The van der Waals surface area contributed by atoms with E-state index in [0.717, 1.165) is 16.8 Å². The molecule has 0 aliphatic heterocycles. The van der Waals surface area contributed by atoms with E-state index in [2.05, 4.69) is 111 Å². The summed E-state index contributed by atoms with van der Waals surface area (Å²) in [4.78, 5) is 0. The molecule has 2 N–H and O–H groups in total. The third-order valence-corrected chi connectivity index (χ3v) is 7.29. The molecule has 0 aliphatic rings. The normalized spacial score (nSPS) is 12.3. The van der Waals surface area contributed by atoms with Crippen LogP contribution in [0.1, 0.15) is 77.8 Å². The molecule has 0 bridgehead atoms. The summed E-state index contributed by atoms with van der Waals surface area (Å²) in [5.74, 6) is 0. The maximum atomic E-state index is 6.19. The molecule has 0 spiro atoms. The topological polar surface area (TPSA) is 26.0 Å². The van der Waals surface area contributed by atoms with Crippen LogP contribution >= 0.6 is 0 Å². The first-order chi connectivity index (χ1) is 13.9. The van der Waals surface area contributed by atoms with Crippen molar-refractivity contribution < 1.29 is 0 Å². The summed E-state index contributed by atoms with van der Waals surface area (Å²) in [5, 5.41) is 0. The molecule has 0 radical (unpaired) electrons. The number of hydrogen-bond donors (Lipinski definition) is 1. The first-order valence-corrected chi connectivity index (χ1v) is 10.9. The van der Waals surface area contributed by atoms with Crippen LogP contribution in [0.2, 0.25) is 0 Å². The van der Waals surface area contributed by atoms with E-state index < -0.39 is 0 Å². The lowest BCUT2D eigenvalue weighted by molar-refractivity contribution is 0.625. The lowest BCUT2D eigenvalue weighted by Crippen LogP contribution is -2.22. The minimum absolute atomic E-state index is 0.0414. The van der Waals surface area contributed by atoms with Crippen LogP contribution in [0.15, 0.2) is 48.5 Å². The van der Waals surface area contributed by atoms with Crippen molar-refractivity contribution >= 4 is 5.69 Å². The number of rotatable bonds is 4. The quantitative estimate of drug-likeness (QED) is 0.453. The predicted octanol–water partition coefficient (Wildman–Crippen LogP) is 7.46. The van der Waals surface area contributed by atoms with Gasteiger partial charge in [0.2, 0.25) is 0 Å². The summed E-state index contributed by atoms with van der Waals surface area (Å²) in [6.07, 6.45) is 0. The van der Waals surface area contributed by atoms with Crippen LogP contribution in [0.3, 0.4) is 0 Å². The zero-order valence-electron chi connectivity index (χ0n) is 20.2. The number of anilines is 1. The molecule has 1 heteroatoms. The SMILES string of the molecule is Cc1cc(C(C)(C)c2ccc(C(C)(C)c3cc(C)c(N)c(C)c3)cc2)cc(C)c1C. The molecule has 0 heterocycles. The first-order valence-electron chi connectivity index (χ1n) is 10.9. The molecule has 1 nitrogen and oxygen atoms in total. The van der Waals surface area contributed by atoms with Gasteiger partial charge in [-0.3, -0.25) is 0 Å². The van der Waals surface area contributed by atoms with Crippen molar-refractivity contribution in [2.75, 3.05) is 5.73 Å². The number of nitrogen functional groups attached to an aromatic ring is 1. The van der Waals surface area contributed by atoms with Crippen molar-refractivity contribution in [2.24, 2.45) is 0 Å². The van der Waals surface area contributed by atoms with Crippen molar-refractivity contribution in [3.8, 4) is 0 Å². The molecular weight excluding hydrogens is 362 g/mol. The molecule has 3 rings (SSSR count). The van der Waals surface area contributed by atoms with E-state index >= 15 is 0 Å². The Morgan fingerprint density at radius 3 is 1.13 bits per heavy atom. The summed E-state index contributed by atoms with van der Waals surface area (Å²) in [6, 6.07) is 18.4. The highest BCUT2D eigenvalue weighted by atomic mass is 14.6. The van der Waals surface area contributed by atoms with E-state index in [1.165, 1.54) is 38.9 Å². The second-order valence-electron chi connectivity index (χ2n) is 10.1. The average Bonchev–Trinajstić information content (AvgIpc) is 2.69. The molecule has 0 atom stereocenters. The Labute approximate surface area is 183 Å². The summed E-state index contributed by atoms with van der Waals surface area (Å²) in [5.41, 5.74) is 18.7. The maximum Gasteiger partial charge on any atom is 0.0373 e. The molecule has 30 heavy (non-hydrogen) atoms. The van der Waals surface area contributed by atoms with Crippen LogP contribution < -0.4 is 5.73 Å². The van der Waals surface area contributed by atoms with E-state index in [4.69, 9.17) is 5.73 Å². The number of benzene rings is 3. The van der Waals surface area contributed by atoms with E-state index in [-0.39, 0.29) is 10.8 Å². The van der Waals surface area contributed by atoms with Crippen molar-refractivity contribution in [3.05, 3.63) is 98.6 Å². The minimum Gasteiger partial charge on any atom is -0.398 e. The Hall–Kier alpha value is -2.54. The van der Waals surface area contributed by atoms with Gasteiger partial charge in [0.05, 0.1) is 0 Å². The second kappa shape index (κ2) is 7.61. The fourth-order valence-corrected chi connectivity index (χ4v) is 4.37. The van der Waals surface area contributed by atoms with Crippen molar-refractivity contribution in [2.45, 2.75) is 73.1 Å². The van der Waals surface area contributed by atoms with Gasteiger partial charge in [0, 0.05) is 16.5 Å². The van der Waals surface area contributed by atoms with Crippen LogP contribution in [0, 0.1) is 34.6 Å². The van der Waals surface area contributed by atoms with Gasteiger partial charge < -0.3 is 5.73 Å². The third kappa shape index (κ3) is 3.78. The number of nitrogens with two attached hydrogens (primary N) is 1. The predicted molar refractivity (Wildman–Crippen MR) is 132 cm³/mol. The average molecular weight is 400 g/mol. The minimum atomic E-state index is -0.0804. The largest absolute Gasteiger partial charge is 0.398 e. The summed E-state index contributed by atoms with van der Waals surface area (Å²) < 4.78 is 0. The molecule has 0 saturated carbocycles. The van der Waals surface area contributed by atoms with Gasteiger partial charge in [-0.2, -0.15) is 0 Å². The van der Waals surface area contributed by atoms with E-state index in [1.807, 2.05) is 0 Å². The molecule has 3 aromatic rings. The molecule has 0 aromatic heterocycles. The fraction of sp³-hybridized carbons (Fsp3) is 0.379.